The molecule has 29 heavy (non-hydrogen) atoms. The SMILES string of the molecule is C=C(C)C(=O)OCc1ccc(OC(=O)C2CCC(C3CCC(C)CC3)CC2)cc1. The molecule has 0 amide bonds. The molecule has 0 saturated heterocycles. The van der Waals surface area contributed by atoms with Crippen LogP contribution in [0.25, 0.3) is 0 Å². The Morgan fingerprint density at radius 3 is 2.03 bits per heavy atom. The molecule has 0 aromatic heterocycles. The first-order valence-corrected chi connectivity index (χ1v) is 11.1. The van der Waals surface area contributed by atoms with Gasteiger partial charge in [-0.25, -0.2) is 4.79 Å². The van der Waals surface area contributed by atoms with E-state index < -0.39 is 5.97 Å². The van der Waals surface area contributed by atoms with Crippen LogP contribution >= 0.6 is 0 Å². The van der Waals surface area contributed by atoms with Crippen molar-refractivity contribution >= 4 is 11.9 Å². The molecular weight excluding hydrogens is 364 g/mol. The van der Waals surface area contributed by atoms with E-state index >= 15 is 0 Å². The molecule has 2 aliphatic carbocycles. The van der Waals surface area contributed by atoms with Crippen LogP contribution in [0.1, 0.15) is 70.8 Å². The normalized spacial score (nSPS) is 27.1. The number of rotatable bonds is 6. The van der Waals surface area contributed by atoms with Crippen molar-refractivity contribution in [2.45, 2.75) is 71.8 Å². The van der Waals surface area contributed by atoms with Crippen LogP contribution in [0.4, 0.5) is 0 Å². The van der Waals surface area contributed by atoms with Gasteiger partial charge in [-0.05, 0) is 80.9 Å². The Morgan fingerprint density at radius 1 is 0.931 bits per heavy atom. The molecular formula is C25H34O4. The van der Waals surface area contributed by atoms with Crippen LogP contribution in [-0.4, -0.2) is 11.9 Å². The first-order chi connectivity index (χ1) is 13.9. The second kappa shape index (κ2) is 10.1. The number of esters is 2. The molecule has 0 unspecified atom stereocenters. The van der Waals surface area contributed by atoms with E-state index in [1.807, 2.05) is 12.1 Å². The van der Waals surface area contributed by atoms with E-state index in [9.17, 15) is 9.59 Å². The lowest BCUT2D eigenvalue weighted by atomic mass is 9.69. The van der Waals surface area contributed by atoms with Crippen LogP contribution in [0.2, 0.25) is 0 Å². The highest BCUT2D eigenvalue weighted by Crippen LogP contribution is 2.41. The Morgan fingerprint density at radius 2 is 1.48 bits per heavy atom. The summed E-state index contributed by atoms with van der Waals surface area (Å²) in [5.41, 5.74) is 1.23. The maximum atomic E-state index is 12.6. The molecule has 0 radical (unpaired) electrons. The Labute approximate surface area is 174 Å². The average Bonchev–Trinajstić information content (AvgIpc) is 2.73. The minimum atomic E-state index is -0.404. The summed E-state index contributed by atoms with van der Waals surface area (Å²) in [5, 5.41) is 0. The van der Waals surface area contributed by atoms with Gasteiger partial charge in [-0.2, -0.15) is 0 Å². The van der Waals surface area contributed by atoms with Crippen molar-refractivity contribution in [3.05, 3.63) is 42.0 Å². The van der Waals surface area contributed by atoms with Gasteiger partial charge in [0.2, 0.25) is 0 Å². The van der Waals surface area contributed by atoms with Gasteiger partial charge in [-0.3, -0.25) is 4.79 Å². The number of carbonyl (C=O) groups is 2. The Kier molecular flexibility index (Phi) is 7.51. The summed E-state index contributed by atoms with van der Waals surface area (Å²) in [6.45, 7) is 7.73. The molecule has 2 fully saturated rings. The van der Waals surface area contributed by atoms with E-state index in [4.69, 9.17) is 9.47 Å². The molecule has 0 heterocycles. The number of hydrogen-bond acceptors (Lipinski definition) is 4. The van der Waals surface area contributed by atoms with Gasteiger partial charge in [0.1, 0.15) is 12.4 Å². The monoisotopic (exact) mass is 398 g/mol. The number of carbonyl (C=O) groups excluding carboxylic acids is 2. The molecule has 3 rings (SSSR count). The topological polar surface area (TPSA) is 52.6 Å². The Balaban J connectivity index is 1.42. The van der Waals surface area contributed by atoms with Crippen molar-refractivity contribution in [3.63, 3.8) is 0 Å². The average molecular weight is 399 g/mol. The lowest BCUT2D eigenvalue weighted by Crippen LogP contribution is -2.29. The third-order valence-electron chi connectivity index (χ3n) is 6.69. The van der Waals surface area contributed by atoms with Gasteiger partial charge in [-0.1, -0.05) is 38.5 Å². The molecule has 1 aromatic carbocycles. The molecule has 4 heteroatoms. The van der Waals surface area contributed by atoms with Crippen molar-refractivity contribution < 1.29 is 19.1 Å². The molecule has 0 spiro atoms. The first kappa shape index (κ1) is 21.6. The maximum Gasteiger partial charge on any atom is 0.333 e. The second-order valence-electron chi connectivity index (χ2n) is 9.05. The minimum Gasteiger partial charge on any atom is -0.457 e. The summed E-state index contributed by atoms with van der Waals surface area (Å²) >= 11 is 0. The smallest absolute Gasteiger partial charge is 0.333 e. The van der Waals surface area contributed by atoms with Gasteiger partial charge < -0.3 is 9.47 Å². The van der Waals surface area contributed by atoms with Gasteiger partial charge in [0, 0.05) is 5.57 Å². The predicted octanol–water partition coefficient (Wildman–Crippen LogP) is 5.84. The van der Waals surface area contributed by atoms with E-state index in [2.05, 4.69) is 13.5 Å². The highest BCUT2D eigenvalue weighted by atomic mass is 16.5. The molecule has 0 bridgehead atoms. The molecule has 0 N–H and O–H groups in total. The molecule has 0 aliphatic heterocycles. The van der Waals surface area contributed by atoms with Gasteiger partial charge >= 0.3 is 11.9 Å². The van der Waals surface area contributed by atoms with Gasteiger partial charge in [0.05, 0.1) is 5.92 Å². The third-order valence-corrected chi connectivity index (χ3v) is 6.69. The predicted molar refractivity (Wildman–Crippen MR) is 113 cm³/mol. The molecule has 2 saturated carbocycles. The van der Waals surface area contributed by atoms with E-state index in [-0.39, 0.29) is 18.5 Å². The standard InChI is InChI=1S/C25H34O4/c1-17(2)24(26)28-16-19-6-14-23(15-7-19)29-25(27)22-12-10-21(11-13-22)20-8-4-18(3)5-9-20/h6-7,14-15,18,20-22H,1,4-5,8-13,16H2,2-3H3. The summed E-state index contributed by atoms with van der Waals surface area (Å²) < 4.78 is 10.7. The van der Waals surface area contributed by atoms with Crippen LogP contribution in [0.3, 0.4) is 0 Å². The van der Waals surface area contributed by atoms with Crippen molar-refractivity contribution in [2.24, 2.45) is 23.7 Å². The van der Waals surface area contributed by atoms with Crippen LogP contribution in [-0.2, 0) is 20.9 Å². The number of benzene rings is 1. The van der Waals surface area contributed by atoms with E-state index in [0.29, 0.717) is 11.3 Å². The van der Waals surface area contributed by atoms with Crippen LogP contribution < -0.4 is 4.74 Å². The first-order valence-electron chi connectivity index (χ1n) is 11.1. The highest BCUT2D eigenvalue weighted by molar-refractivity contribution is 5.86. The van der Waals surface area contributed by atoms with E-state index in [0.717, 1.165) is 49.0 Å². The van der Waals surface area contributed by atoms with Crippen molar-refractivity contribution in [3.8, 4) is 5.75 Å². The fourth-order valence-electron chi connectivity index (χ4n) is 4.71. The van der Waals surface area contributed by atoms with Crippen LogP contribution in [0.15, 0.2) is 36.4 Å². The number of ether oxygens (including phenoxy) is 2. The Hall–Kier alpha value is -2.10. The quantitative estimate of drug-likeness (QED) is 0.343. The summed E-state index contributed by atoms with van der Waals surface area (Å²) in [6, 6.07) is 7.15. The zero-order chi connectivity index (χ0) is 20.8. The molecule has 158 valence electrons. The summed E-state index contributed by atoms with van der Waals surface area (Å²) in [6.07, 6.45) is 9.70. The molecule has 1 aromatic rings. The Bertz CT molecular complexity index is 705. The summed E-state index contributed by atoms with van der Waals surface area (Å²) in [4.78, 5) is 24.0. The van der Waals surface area contributed by atoms with Crippen molar-refractivity contribution in [2.75, 3.05) is 0 Å². The zero-order valence-corrected chi connectivity index (χ0v) is 17.8. The minimum absolute atomic E-state index is 0.0185. The van der Waals surface area contributed by atoms with Crippen LogP contribution in [0, 0.1) is 23.7 Å². The summed E-state index contributed by atoms with van der Waals surface area (Å²) in [5.74, 6) is 2.61. The fraction of sp³-hybridized carbons (Fsp3) is 0.600. The van der Waals surface area contributed by atoms with Gasteiger partial charge in [0.25, 0.3) is 0 Å². The largest absolute Gasteiger partial charge is 0.457 e. The zero-order valence-electron chi connectivity index (χ0n) is 17.8. The lowest BCUT2D eigenvalue weighted by Gasteiger charge is -2.36. The second-order valence-corrected chi connectivity index (χ2v) is 9.05. The summed E-state index contributed by atoms with van der Waals surface area (Å²) in [7, 11) is 0. The lowest BCUT2D eigenvalue weighted by molar-refractivity contribution is -0.141. The maximum absolute atomic E-state index is 12.6. The fourth-order valence-corrected chi connectivity index (χ4v) is 4.71. The van der Waals surface area contributed by atoms with Crippen molar-refractivity contribution in [1.29, 1.82) is 0 Å². The molecule has 4 nitrogen and oxygen atoms in total. The third kappa shape index (κ3) is 6.19. The number of hydrogen-bond donors (Lipinski definition) is 0. The molecule has 2 aliphatic rings. The highest BCUT2D eigenvalue weighted by Gasteiger charge is 2.33. The van der Waals surface area contributed by atoms with Crippen LogP contribution in [0.5, 0.6) is 5.75 Å². The van der Waals surface area contributed by atoms with Crippen molar-refractivity contribution in [1.82, 2.24) is 0 Å². The molecule has 0 atom stereocenters. The van der Waals surface area contributed by atoms with Gasteiger partial charge in [-0.15, -0.1) is 0 Å². The van der Waals surface area contributed by atoms with E-state index in [1.54, 1.807) is 19.1 Å². The van der Waals surface area contributed by atoms with E-state index in [1.165, 1.54) is 25.7 Å². The van der Waals surface area contributed by atoms with Gasteiger partial charge in [0.15, 0.2) is 0 Å².